The van der Waals surface area contributed by atoms with Crippen LogP contribution in [0.15, 0.2) is 0 Å². The van der Waals surface area contributed by atoms with E-state index in [0.29, 0.717) is 18.3 Å². The third-order valence-corrected chi connectivity index (χ3v) is 2.85. The minimum absolute atomic E-state index is 0.0338. The molecule has 1 aliphatic rings. The summed E-state index contributed by atoms with van der Waals surface area (Å²) in [5.74, 6) is -1.03. The summed E-state index contributed by atoms with van der Waals surface area (Å²) in [5, 5.41) is 16.7. The normalized spacial score (nSPS) is 17.0. The summed E-state index contributed by atoms with van der Waals surface area (Å²) in [6.45, 7) is 2.80. The maximum atomic E-state index is 10.6. The van der Waals surface area contributed by atoms with Crippen molar-refractivity contribution in [1.82, 2.24) is 10.2 Å². The molecule has 1 N–H and O–H groups in total. The molecular weight excluding hydrogens is 206 g/mol. The molecule has 0 amide bonds. The van der Waals surface area contributed by atoms with E-state index in [0.717, 1.165) is 24.4 Å². The Morgan fingerprint density at radius 1 is 1.43 bits per heavy atom. The van der Waals surface area contributed by atoms with Crippen LogP contribution in [0, 0.1) is 0 Å². The molecule has 2 rings (SSSR count). The van der Waals surface area contributed by atoms with Crippen LogP contribution in [0.5, 0.6) is 0 Å². The van der Waals surface area contributed by atoms with Gasteiger partial charge in [0.15, 0.2) is 0 Å². The van der Waals surface area contributed by atoms with Crippen molar-refractivity contribution >= 4 is 22.4 Å². The molecule has 0 aliphatic carbocycles. The molecule has 0 radical (unpaired) electrons. The molecule has 0 aromatic carbocycles. The molecule has 0 unspecified atom stereocenters. The minimum Gasteiger partial charge on any atom is -0.476 e. The maximum absolute atomic E-state index is 10.6. The monoisotopic (exact) mass is 215 g/mol. The second kappa shape index (κ2) is 3.89. The van der Waals surface area contributed by atoms with E-state index in [-0.39, 0.29) is 5.01 Å². The predicted octanol–water partition coefficient (Wildman–Crippen LogP) is 0.0729. The Morgan fingerprint density at radius 3 is 2.71 bits per heavy atom. The number of hydrogen-bond donors (Lipinski definition) is 1. The van der Waals surface area contributed by atoms with E-state index in [4.69, 9.17) is 9.84 Å². The van der Waals surface area contributed by atoms with Gasteiger partial charge in [0.2, 0.25) is 10.1 Å². The van der Waals surface area contributed by atoms with Crippen molar-refractivity contribution < 1.29 is 14.6 Å². The van der Waals surface area contributed by atoms with E-state index in [1.807, 2.05) is 4.90 Å². The number of carboxylic acid groups (broad SMARTS) is 1. The Morgan fingerprint density at radius 2 is 2.14 bits per heavy atom. The van der Waals surface area contributed by atoms with Crippen LogP contribution in [0.4, 0.5) is 5.13 Å². The van der Waals surface area contributed by atoms with Gasteiger partial charge in [0, 0.05) is 13.1 Å². The highest BCUT2D eigenvalue weighted by Crippen LogP contribution is 2.20. The quantitative estimate of drug-likeness (QED) is 0.752. The zero-order chi connectivity index (χ0) is 9.97. The lowest BCUT2D eigenvalue weighted by atomic mass is 10.5. The summed E-state index contributed by atoms with van der Waals surface area (Å²) in [5.41, 5.74) is 0. The second-order valence-electron chi connectivity index (χ2n) is 2.79. The van der Waals surface area contributed by atoms with E-state index < -0.39 is 5.97 Å². The summed E-state index contributed by atoms with van der Waals surface area (Å²) in [6, 6.07) is 0. The number of carbonyl (C=O) groups is 1. The van der Waals surface area contributed by atoms with Crippen LogP contribution >= 0.6 is 11.3 Å². The fourth-order valence-electron chi connectivity index (χ4n) is 1.18. The van der Waals surface area contributed by atoms with Gasteiger partial charge in [-0.25, -0.2) is 4.79 Å². The first kappa shape index (κ1) is 9.35. The summed E-state index contributed by atoms with van der Waals surface area (Å²) in [6.07, 6.45) is 0. The van der Waals surface area contributed by atoms with Gasteiger partial charge in [-0.05, 0) is 0 Å². The van der Waals surface area contributed by atoms with Gasteiger partial charge in [0.1, 0.15) is 0 Å². The summed E-state index contributed by atoms with van der Waals surface area (Å²) in [7, 11) is 0. The molecule has 1 aromatic heterocycles. The lowest BCUT2D eigenvalue weighted by molar-refractivity contribution is 0.0695. The third-order valence-electron chi connectivity index (χ3n) is 1.88. The van der Waals surface area contributed by atoms with Crippen LogP contribution < -0.4 is 4.90 Å². The minimum atomic E-state index is -1.03. The molecule has 6 nitrogen and oxygen atoms in total. The number of rotatable bonds is 2. The number of hydrogen-bond acceptors (Lipinski definition) is 6. The fraction of sp³-hybridized carbons (Fsp3) is 0.571. The molecule has 1 saturated heterocycles. The molecule has 1 aromatic rings. The Labute approximate surface area is 84.1 Å². The van der Waals surface area contributed by atoms with Crippen LogP contribution in [-0.4, -0.2) is 47.6 Å². The van der Waals surface area contributed by atoms with Gasteiger partial charge in [-0.1, -0.05) is 11.3 Å². The van der Waals surface area contributed by atoms with Gasteiger partial charge in [-0.3, -0.25) is 0 Å². The van der Waals surface area contributed by atoms with Gasteiger partial charge < -0.3 is 14.7 Å². The summed E-state index contributed by atoms with van der Waals surface area (Å²) in [4.78, 5) is 12.5. The molecule has 0 bridgehead atoms. The molecule has 1 fully saturated rings. The van der Waals surface area contributed by atoms with E-state index in [2.05, 4.69) is 10.2 Å². The molecule has 0 saturated carbocycles. The predicted molar refractivity (Wildman–Crippen MR) is 49.9 cm³/mol. The lowest BCUT2D eigenvalue weighted by Gasteiger charge is -2.25. The smallest absolute Gasteiger partial charge is 0.367 e. The van der Waals surface area contributed by atoms with Crippen molar-refractivity contribution in [3.63, 3.8) is 0 Å². The van der Waals surface area contributed by atoms with Crippen LogP contribution in [0.1, 0.15) is 9.80 Å². The van der Waals surface area contributed by atoms with Crippen molar-refractivity contribution in [2.45, 2.75) is 0 Å². The average molecular weight is 215 g/mol. The Bertz CT molecular complexity index is 335. The topological polar surface area (TPSA) is 75.5 Å². The standard InChI is InChI=1S/C7H9N3O3S/c11-6(12)5-8-9-7(14-5)10-1-3-13-4-2-10/h1-4H2,(H,11,12). The lowest BCUT2D eigenvalue weighted by Crippen LogP contribution is -2.36. The molecule has 0 atom stereocenters. The van der Waals surface area contributed by atoms with Gasteiger partial charge >= 0.3 is 5.97 Å². The second-order valence-corrected chi connectivity index (χ2v) is 3.75. The van der Waals surface area contributed by atoms with E-state index in [9.17, 15) is 4.79 Å². The number of carboxylic acids is 1. The largest absolute Gasteiger partial charge is 0.476 e. The average Bonchev–Trinajstić information content (AvgIpc) is 2.68. The summed E-state index contributed by atoms with van der Waals surface area (Å²) >= 11 is 1.10. The van der Waals surface area contributed by atoms with E-state index in [1.54, 1.807) is 0 Å². The zero-order valence-corrected chi connectivity index (χ0v) is 8.16. The molecule has 1 aliphatic heterocycles. The van der Waals surface area contributed by atoms with Gasteiger partial charge in [0.25, 0.3) is 0 Å². The Kier molecular flexibility index (Phi) is 2.60. The first-order valence-electron chi connectivity index (χ1n) is 4.17. The van der Waals surface area contributed by atoms with Crippen LogP contribution in [-0.2, 0) is 4.74 Å². The third kappa shape index (κ3) is 1.83. The number of aromatic nitrogens is 2. The van der Waals surface area contributed by atoms with E-state index in [1.165, 1.54) is 0 Å². The van der Waals surface area contributed by atoms with Crippen molar-refractivity contribution in [2.75, 3.05) is 31.2 Å². The molecule has 76 valence electrons. The Balaban J connectivity index is 2.11. The number of ether oxygens (including phenoxy) is 1. The first-order valence-corrected chi connectivity index (χ1v) is 4.98. The van der Waals surface area contributed by atoms with Crippen LogP contribution in [0.3, 0.4) is 0 Å². The van der Waals surface area contributed by atoms with Gasteiger partial charge in [0.05, 0.1) is 13.2 Å². The van der Waals surface area contributed by atoms with Crippen molar-refractivity contribution in [1.29, 1.82) is 0 Å². The van der Waals surface area contributed by atoms with Crippen molar-refractivity contribution in [2.24, 2.45) is 0 Å². The molecule has 7 heteroatoms. The number of morpholine rings is 1. The molecule has 2 heterocycles. The van der Waals surface area contributed by atoms with Crippen LogP contribution in [0.25, 0.3) is 0 Å². The van der Waals surface area contributed by atoms with Crippen molar-refractivity contribution in [3.05, 3.63) is 5.01 Å². The highest BCUT2D eigenvalue weighted by molar-refractivity contribution is 7.17. The number of nitrogens with zero attached hydrogens (tertiary/aromatic N) is 3. The van der Waals surface area contributed by atoms with Gasteiger partial charge in [-0.2, -0.15) is 0 Å². The SMILES string of the molecule is O=C(O)c1nnc(N2CCOCC2)s1. The van der Waals surface area contributed by atoms with Crippen LogP contribution in [0.2, 0.25) is 0 Å². The first-order chi connectivity index (χ1) is 6.77. The molecule has 14 heavy (non-hydrogen) atoms. The summed E-state index contributed by atoms with van der Waals surface area (Å²) < 4.78 is 5.17. The van der Waals surface area contributed by atoms with Crippen molar-refractivity contribution in [3.8, 4) is 0 Å². The maximum Gasteiger partial charge on any atom is 0.367 e. The number of aromatic carboxylic acids is 1. The fourth-order valence-corrected chi connectivity index (χ4v) is 1.92. The zero-order valence-electron chi connectivity index (χ0n) is 7.34. The van der Waals surface area contributed by atoms with Gasteiger partial charge in [-0.15, -0.1) is 10.2 Å². The molecular formula is C7H9N3O3S. The highest BCUT2D eigenvalue weighted by Gasteiger charge is 2.17. The van der Waals surface area contributed by atoms with E-state index >= 15 is 0 Å². The molecule has 0 spiro atoms. The number of anilines is 1. The Hall–Kier alpha value is -1.21. The highest BCUT2D eigenvalue weighted by atomic mass is 32.1.